The van der Waals surface area contributed by atoms with E-state index in [1.54, 1.807) is 19.1 Å². The molecule has 3 heterocycles. The molecule has 0 saturated carbocycles. The van der Waals surface area contributed by atoms with Gasteiger partial charge in [0.1, 0.15) is 28.3 Å². The van der Waals surface area contributed by atoms with Gasteiger partial charge in [-0.3, -0.25) is 4.79 Å². The number of carbonyl (C=O) groups is 1. The van der Waals surface area contributed by atoms with Crippen molar-refractivity contribution in [3.05, 3.63) is 59.2 Å². The van der Waals surface area contributed by atoms with Gasteiger partial charge >= 0.3 is 0 Å². The van der Waals surface area contributed by atoms with Crippen LogP contribution in [0.3, 0.4) is 0 Å². The molecule has 0 radical (unpaired) electrons. The summed E-state index contributed by atoms with van der Waals surface area (Å²) in [6, 6.07) is 8.83. The summed E-state index contributed by atoms with van der Waals surface area (Å²) in [6.45, 7) is 2.86. The highest BCUT2D eigenvalue weighted by Gasteiger charge is 2.23. The largest absolute Gasteiger partial charge is 0.391 e. The van der Waals surface area contributed by atoms with Gasteiger partial charge in [-0.15, -0.1) is 11.3 Å². The van der Waals surface area contributed by atoms with E-state index in [2.05, 4.69) is 10.3 Å². The van der Waals surface area contributed by atoms with Gasteiger partial charge in [0.05, 0.1) is 23.3 Å². The smallest absolute Gasteiger partial charge is 0.251 e. The number of anilines is 3. The van der Waals surface area contributed by atoms with Crippen molar-refractivity contribution in [3.63, 3.8) is 0 Å². The number of carbonyl (C=O) groups excluding carboxylic acids is 1. The van der Waals surface area contributed by atoms with Crippen LogP contribution in [0.5, 0.6) is 0 Å². The first-order valence-corrected chi connectivity index (χ1v) is 11.4. The van der Waals surface area contributed by atoms with Gasteiger partial charge in [-0.25, -0.2) is 13.8 Å². The van der Waals surface area contributed by atoms with Crippen molar-refractivity contribution in [3.8, 4) is 10.4 Å². The van der Waals surface area contributed by atoms with Crippen LogP contribution in [0.2, 0.25) is 0 Å². The third-order valence-electron chi connectivity index (χ3n) is 5.54. The van der Waals surface area contributed by atoms with E-state index in [-0.39, 0.29) is 21.6 Å². The third kappa shape index (κ3) is 4.82. The van der Waals surface area contributed by atoms with Crippen LogP contribution in [-0.4, -0.2) is 40.3 Å². The topological polar surface area (TPSA) is 112 Å². The number of pyridine rings is 1. The second-order valence-electron chi connectivity index (χ2n) is 7.90. The number of primary amides is 1. The van der Waals surface area contributed by atoms with Crippen molar-refractivity contribution in [2.75, 3.05) is 23.3 Å². The first kappa shape index (κ1) is 23.1. The molecule has 1 aliphatic heterocycles. The maximum Gasteiger partial charge on any atom is 0.251 e. The number of rotatable bonds is 7. The molecule has 10 heteroatoms. The van der Waals surface area contributed by atoms with Crippen molar-refractivity contribution >= 4 is 33.9 Å². The monoisotopic (exact) mass is 474 g/mol. The molecular formula is C23H24F2N4O3S. The number of nitrogens with one attached hydrogen (secondary N) is 1. The zero-order chi connectivity index (χ0) is 23.7. The summed E-state index contributed by atoms with van der Waals surface area (Å²) in [6.07, 6.45) is -0.399. The Balaban J connectivity index is 1.67. The van der Waals surface area contributed by atoms with Gasteiger partial charge < -0.3 is 26.2 Å². The molecule has 1 fully saturated rings. The summed E-state index contributed by atoms with van der Waals surface area (Å²) in [4.78, 5) is 18.7. The first-order chi connectivity index (χ1) is 15.8. The molecule has 0 bridgehead atoms. The normalized spacial score (nSPS) is 16.8. The highest BCUT2D eigenvalue weighted by molar-refractivity contribution is 7.20. The average molecular weight is 475 g/mol. The van der Waals surface area contributed by atoms with Crippen molar-refractivity contribution in [2.24, 2.45) is 5.73 Å². The number of benzene rings is 1. The van der Waals surface area contributed by atoms with E-state index in [1.165, 1.54) is 6.07 Å². The Morgan fingerprint density at radius 2 is 2.06 bits per heavy atom. The molecular weight excluding hydrogens is 450 g/mol. The fourth-order valence-corrected chi connectivity index (χ4v) is 4.90. The molecule has 3 aromatic rings. The van der Waals surface area contributed by atoms with Crippen LogP contribution in [0.1, 0.15) is 41.8 Å². The lowest BCUT2D eigenvalue weighted by molar-refractivity contribution is 0.100. The molecule has 174 valence electrons. The van der Waals surface area contributed by atoms with E-state index in [1.807, 2.05) is 11.0 Å². The molecule has 5 N–H and O–H groups in total. The van der Waals surface area contributed by atoms with Gasteiger partial charge in [-0.2, -0.15) is 0 Å². The Labute approximate surface area is 193 Å². The van der Waals surface area contributed by atoms with E-state index in [0.717, 1.165) is 23.5 Å². The van der Waals surface area contributed by atoms with E-state index < -0.39 is 29.7 Å². The van der Waals surface area contributed by atoms with Crippen molar-refractivity contribution in [1.29, 1.82) is 0 Å². The molecule has 0 spiro atoms. The lowest BCUT2D eigenvalue weighted by Gasteiger charge is -2.17. The second kappa shape index (κ2) is 9.42. The van der Waals surface area contributed by atoms with Crippen LogP contribution in [0.25, 0.3) is 10.4 Å². The zero-order valence-electron chi connectivity index (χ0n) is 17.9. The van der Waals surface area contributed by atoms with Crippen molar-refractivity contribution < 1.29 is 23.8 Å². The molecule has 1 aliphatic rings. The lowest BCUT2D eigenvalue weighted by atomic mass is 10.0. The molecule has 2 atom stereocenters. The summed E-state index contributed by atoms with van der Waals surface area (Å²) in [5.74, 6) is -1.34. The highest BCUT2D eigenvalue weighted by atomic mass is 32.1. The molecule has 1 saturated heterocycles. The molecule has 4 rings (SSSR count). The Kier molecular flexibility index (Phi) is 6.59. The number of aliphatic hydroxyl groups is 2. The van der Waals surface area contributed by atoms with E-state index in [4.69, 9.17) is 5.73 Å². The van der Waals surface area contributed by atoms with E-state index in [9.17, 15) is 23.8 Å². The van der Waals surface area contributed by atoms with Crippen LogP contribution in [0.4, 0.5) is 25.4 Å². The van der Waals surface area contributed by atoms with Crippen molar-refractivity contribution in [1.82, 2.24) is 4.98 Å². The number of halogens is 2. The molecule has 1 amide bonds. The number of nitrogens with two attached hydrogens (primary N) is 1. The minimum absolute atomic E-state index is 0.0790. The second-order valence-corrected chi connectivity index (χ2v) is 8.95. The summed E-state index contributed by atoms with van der Waals surface area (Å²) in [7, 11) is 0. The number of aromatic nitrogens is 1. The number of β-amino-alcohol motifs (C(OH)–C–C–N with tert-alkyl or cyclic N) is 1. The van der Waals surface area contributed by atoms with Crippen LogP contribution in [0.15, 0.2) is 36.4 Å². The zero-order valence-corrected chi connectivity index (χ0v) is 18.7. The minimum Gasteiger partial charge on any atom is -0.391 e. The Hall–Kier alpha value is -3.08. The van der Waals surface area contributed by atoms with Gasteiger partial charge in [-0.05, 0) is 48.7 Å². The lowest BCUT2D eigenvalue weighted by Crippen LogP contribution is -2.22. The number of hydrogen-bond donors (Lipinski definition) is 4. The predicted octanol–water partition coefficient (Wildman–Crippen LogP) is 3.95. The molecule has 7 nitrogen and oxygen atoms in total. The number of nitrogens with zero attached hydrogens (tertiary/aromatic N) is 2. The third-order valence-corrected chi connectivity index (χ3v) is 6.61. The van der Waals surface area contributed by atoms with Gasteiger partial charge in [-0.1, -0.05) is 13.0 Å². The van der Waals surface area contributed by atoms with Crippen LogP contribution < -0.4 is 16.0 Å². The maximum absolute atomic E-state index is 14.8. The molecule has 33 heavy (non-hydrogen) atoms. The number of hydrogen-bond acceptors (Lipinski definition) is 7. The fraction of sp³-hybridized carbons (Fsp3) is 0.304. The van der Waals surface area contributed by atoms with Crippen LogP contribution in [0, 0.1) is 11.6 Å². The summed E-state index contributed by atoms with van der Waals surface area (Å²) in [5, 5.41) is 23.0. The molecule has 0 aliphatic carbocycles. The van der Waals surface area contributed by atoms with Gasteiger partial charge in [0.15, 0.2) is 0 Å². The highest BCUT2D eigenvalue weighted by Crippen LogP contribution is 2.40. The number of amides is 1. The van der Waals surface area contributed by atoms with E-state index >= 15 is 0 Å². The number of aliphatic hydroxyl groups excluding tert-OH is 2. The maximum atomic E-state index is 14.8. The quantitative estimate of drug-likeness (QED) is 0.413. The van der Waals surface area contributed by atoms with Crippen LogP contribution in [-0.2, 0) is 0 Å². The summed E-state index contributed by atoms with van der Waals surface area (Å²) >= 11 is 0.975. The molecule has 2 aromatic heterocycles. The van der Waals surface area contributed by atoms with Crippen LogP contribution >= 0.6 is 11.3 Å². The van der Waals surface area contributed by atoms with Gasteiger partial charge in [0.2, 0.25) is 0 Å². The predicted molar refractivity (Wildman–Crippen MR) is 124 cm³/mol. The summed E-state index contributed by atoms with van der Waals surface area (Å²) < 4.78 is 29.6. The Morgan fingerprint density at radius 3 is 2.67 bits per heavy atom. The SMILES string of the molecule is CCC(O)c1cc(F)c(-c2cc(C(N)=O)c(Nc3cccc(N4CCC(O)C4)n3)s2)c(F)c1. The van der Waals surface area contributed by atoms with E-state index in [0.29, 0.717) is 42.6 Å². The van der Waals surface area contributed by atoms with Crippen molar-refractivity contribution in [2.45, 2.75) is 32.0 Å². The minimum atomic E-state index is -0.972. The standard InChI is InChI=1S/C23H24F2N4O3S/c1-2-17(31)12-8-15(24)21(16(25)9-12)18-10-14(22(26)32)23(33-18)28-19-4-3-5-20(27-19)29-7-6-13(30)11-29/h3-5,8-10,13,17,30-31H,2,6-7,11H2,1H3,(H2,26,32)(H,27,28). The summed E-state index contributed by atoms with van der Waals surface area (Å²) in [5.41, 5.74) is 5.44. The Bertz CT molecular complexity index is 1160. The number of thiophene rings is 1. The van der Waals surface area contributed by atoms with Gasteiger partial charge in [0, 0.05) is 18.0 Å². The Morgan fingerprint density at radius 1 is 1.33 bits per heavy atom. The molecule has 2 unspecified atom stereocenters. The first-order valence-electron chi connectivity index (χ1n) is 10.5. The average Bonchev–Trinajstić information content (AvgIpc) is 3.39. The fourth-order valence-electron chi connectivity index (χ4n) is 3.78. The molecule has 1 aromatic carbocycles. The van der Waals surface area contributed by atoms with Gasteiger partial charge in [0.25, 0.3) is 5.91 Å².